The van der Waals surface area contributed by atoms with Gasteiger partial charge in [0.25, 0.3) is 5.56 Å². The van der Waals surface area contributed by atoms with Crippen LogP contribution in [0.15, 0.2) is 46.6 Å². The summed E-state index contributed by atoms with van der Waals surface area (Å²) in [5, 5.41) is 14.5. The zero-order valence-corrected chi connectivity index (χ0v) is 16.8. The molecular formula is C21H19ClN2O2S. The number of phenolic OH excluding ortho intramolecular Hbond substituents is 1. The van der Waals surface area contributed by atoms with Crippen molar-refractivity contribution in [3.8, 4) is 16.9 Å². The lowest BCUT2D eigenvalue weighted by Crippen LogP contribution is -2.16. The maximum Gasteiger partial charge on any atom is 0.266 e. The quantitative estimate of drug-likeness (QED) is 0.486. The average molecular weight is 399 g/mol. The van der Waals surface area contributed by atoms with E-state index >= 15 is 0 Å². The number of benzene rings is 2. The molecule has 0 fully saturated rings. The van der Waals surface area contributed by atoms with E-state index < -0.39 is 0 Å². The predicted octanol–water partition coefficient (Wildman–Crippen LogP) is 5.39. The molecule has 138 valence electrons. The highest BCUT2D eigenvalue weighted by Crippen LogP contribution is 2.42. The summed E-state index contributed by atoms with van der Waals surface area (Å²) in [7, 11) is 4.08. The predicted molar refractivity (Wildman–Crippen MR) is 114 cm³/mol. The second-order valence-corrected chi connectivity index (χ2v) is 8.20. The number of nitrogens with zero attached hydrogens (tertiary/aromatic N) is 1. The summed E-state index contributed by atoms with van der Waals surface area (Å²) >= 11 is 7.71. The molecule has 0 radical (unpaired) electrons. The van der Waals surface area contributed by atoms with E-state index in [9.17, 15) is 9.90 Å². The summed E-state index contributed by atoms with van der Waals surface area (Å²) < 4.78 is 0.628. The largest absolute Gasteiger partial charge is 0.507 e. The normalized spacial score (nSPS) is 12.9. The Kier molecular flexibility index (Phi) is 4.46. The number of rotatable bonds is 3. The first-order valence-electron chi connectivity index (χ1n) is 8.60. The molecule has 0 saturated carbocycles. The van der Waals surface area contributed by atoms with Crippen molar-refractivity contribution in [1.29, 1.82) is 0 Å². The van der Waals surface area contributed by atoms with E-state index in [1.54, 1.807) is 0 Å². The molecule has 0 aliphatic carbocycles. The second-order valence-electron chi connectivity index (χ2n) is 6.88. The first kappa shape index (κ1) is 18.0. The fourth-order valence-electron chi connectivity index (χ4n) is 3.40. The van der Waals surface area contributed by atoms with Crippen molar-refractivity contribution in [2.45, 2.75) is 13.0 Å². The molecule has 0 amide bonds. The van der Waals surface area contributed by atoms with Gasteiger partial charge in [-0.3, -0.25) is 4.79 Å². The van der Waals surface area contributed by atoms with Crippen LogP contribution in [0.4, 0.5) is 0 Å². The summed E-state index contributed by atoms with van der Waals surface area (Å²) in [6.07, 6.45) is 0. The summed E-state index contributed by atoms with van der Waals surface area (Å²) in [4.78, 5) is 17.4. The SMILES string of the molecule is CC(c1ccc(-c2c(O)cc(Cl)c3[nH]c(=O)c4sccc4c23)cc1)N(C)C. The third-order valence-electron chi connectivity index (χ3n) is 5.09. The Labute approximate surface area is 165 Å². The molecule has 4 rings (SSSR count). The number of fused-ring (bicyclic) bond motifs is 3. The molecule has 2 aromatic heterocycles. The summed E-state index contributed by atoms with van der Waals surface area (Å²) in [5.41, 5.74) is 3.13. The number of aromatic nitrogens is 1. The first-order chi connectivity index (χ1) is 12.9. The van der Waals surface area contributed by atoms with Gasteiger partial charge in [0.05, 0.1) is 10.5 Å². The summed E-state index contributed by atoms with van der Waals surface area (Å²) in [6.45, 7) is 2.14. The summed E-state index contributed by atoms with van der Waals surface area (Å²) in [5.74, 6) is 0.0976. The Morgan fingerprint density at radius 3 is 2.56 bits per heavy atom. The van der Waals surface area contributed by atoms with Crippen LogP contribution < -0.4 is 5.56 Å². The molecule has 2 aromatic carbocycles. The number of pyridine rings is 1. The van der Waals surface area contributed by atoms with Gasteiger partial charge in [-0.2, -0.15) is 0 Å². The molecule has 0 saturated heterocycles. The molecule has 4 nitrogen and oxygen atoms in total. The van der Waals surface area contributed by atoms with Crippen LogP contribution in [-0.2, 0) is 0 Å². The van der Waals surface area contributed by atoms with Crippen molar-refractivity contribution in [3.05, 3.63) is 62.7 Å². The molecule has 0 spiro atoms. The number of hydrogen-bond acceptors (Lipinski definition) is 4. The lowest BCUT2D eigenvalue weighted by molar-refractivity contribution is 0.321. The first-order valence-corrected chi connectivity index (χ1v) is 9.85. The number of halogens is 1. The molecular weight excluding hydrogens is 380 g/mol. The minimum atomic E-state index is -0.166. The number of aromatic amines is 1. The highest BCUT2D eigenvalue weighted by molar-refractivity contribution is 7.17. The standard InChI is InChI=1S/C21H19ClN2O2S/c1-11(24(2)3)12-4-6-13(7-5-12)17-16(25)10-15(22)19-18(17)14-8-9-27-20(14)21(26)23-19/h4-11,25H,1-3H3,(H,23,26). The Hall–Kier alpha value is -2.34. The Bertz CT molecular complexity index is 1210. The van der Waals surface area contributed by atoms with Crippen molar-refractivity contribution < 1.29 is 5.11 Å². The number of hydrogen-bond donors (Lipinski definition) is 2. The van der Waals surface area contributed by atoms with E-state index in [0.717, 1.165) is 16.3 Å². The fraction of sp³-hybridized carbons (Fsp3) is 0.190. The molecule has 2 N–H and O–H groups in total. The van der Waals surface area contributed by atoms with Gasteiger partial charge in [0, 0.05) is 28.4 Å². The third kappa shape index (κ3) is 2.92. The molecule has 1 atom stereocenters. The number of nitrogens with one attached hydrogen (secondary N) is 1. The van der Waals surface area contributed by atoms with Crippen LogP contribution in [-0.4, -0.2) is 29.1 Å². The monoisotopic (exact) mass is 398 g/mol. The van der Waals surface area contributed by atoms with Crippen LogP contribution >= 0.6 is 22.9 Å². The molecule has 0 bridgehead atoms. The lowest BCUT2D eigenvalue weighted by Gasteiger charge is -2.20. The third-order valence-corrected chi connectivity index (χ3v) is 6.31. The second kappa shape index (κ2) is 6.68. The van der Waals surface area contributed by atoms with Gasteiger partial charge in [-0.05, 0) is 43.6 Å². The molecule has 0 aliphatic rings. The van der Waals surface area contributed by atoms with Gasteiger partial charge < -0.3 is 15.0 Å². The molecule has 1 unspecified atom stereocenters. The average Bonchev–Trinajstić information content (AvgIpc) is 3.13. The molecule has 6 heteroatoms. The highest BCUT2D eigenvalue weighted by atomic mass is 35.5. The van der Waals surface area contributed by atoms with E-state index in [-0.39, 0.29) is 17.4 Å². The highest BCUT2D eigenvalue weighted by Gasteiger charge is 2.18. The summed E-state index contributed by atoms with van der Waals surface area (Å²) in [6, 6.07) is 11.8. The number of phenols is 1. The minimum absolute atomic E-state index is 0.0976. The topological polar surface area (TPSA) is 56.3 Å². The van der Waals surface area contributed by atoms with Crippen molar-refractivity contribution in [3.63, 3.8) is 0 Å². The van der Waals surface area contributed by atoms with Crippen LogP contribution in [0.1, 0.15) is 18.5 Å². The maximum absolute atomic E-state index is 12.4. The number of H-pyrrole nitrogens is 1. The van der Waals surface area contributed by atoms with Gasteiger partial charge in [-0.25, -0.2) is 0 Å². The van der Waals surface area contributed by atoms with E-state index in [0.29, 0.717) is 20.8 Å². The Morgan fingerprint density at radius 2 is 1.89 bits per heavy atom. The van der Waals surface area contributed by atoms with Gasteiger partial charge in [0.1, 0.15) is 10.4 Å². The molecule has 0 aliphatic heterocycles. The number of thiophene rings is 1. The van der Waals surface area contributed by atoms with Crippen LogP contribution in [0.3, 0.4) is 0 Å². The number of aromatic hydroxyl groups is 1. The Balaban J connectivity index is 2.02. The Morgan fingerprint density at radius 1 is 1.19 bits per heavy atom. The smallest absolute Gasteiger partial charge is 0.266 e. The van der Waals surface area contributed by atoms with Crippen LogP contribution in [0.2, 0.25) is 5.02 Å². The van der Waals surface area contributed by atoms with E-state index in [1.165, 1.54) is 23.0 Å². The van der Waals surface area contributed by atoms with Gasteiger partial charge in [0.2, 0.25) is 0 Å². The van der Waals surface area contributed by atoms with E-state index in [2.05, 4.69) is 28.9 Å². The van der Waals surface area contributed by atoms with Gasteiger partial charge in [-0.1, -0.05) is 35.9 Å². The fourth-order valence-corrected chi connectivity index (χ4v) is 4.44. The molecule has 27 heavy (non-hydrogen) atoms. The van der Waals surface area contributed by atoms with Crippen LogP contribution in [0.5, 0.6) is 5.75 Å². The zero-order valence-electron chi connectivity index (χ0n) is 15.2. The van der Waals surface area contributed by atoms with Crippen molar-refractivity contribution >= 4 is 43.9 Å². The molecule has 4 aromatic rings. The molecule has 2 heterocycles. The van der Waals surface area contributed by atoms with Gasteiger partial charge in [0.15, 0.2) is 0 Å². The minimum Gasteiger partial charge on any atom is -0.507 e. The van der Waals surface area contributed by atoms with Crippen molar-refractivity contribution in [1.82, 2.24) is 9.88 Å². The maximum atomic E-state index is 12.4. The van der Waals surface area contributed by atoms with Crippen LogP contribution in [0, 0.1) is 0 Å². The van der Waals surface area contributed by atoms with Gasteiger partial charge in [-0.15, -0.1) is 11.3 Å². The van der Waals surface area contributed by atoms with Gasteiger partial charge >= 0.3 is 0 Å². The van der Waals surface area contributed by atoms with E-state index in [4.69, 9.17) is 11.6 Å². The zero-order chi connectivity index (χ0) is 19.3. The van der Waals surface area contributed by atoms with Crippen molar-refractivity contribution in [2.75, 3.05) is 14.1 Å². The van der Waals surface area contributed by atoms with Crippen molar-refractivity contribution in [2.24, 2.45) is 0 Å². The lowest BCUT2D eigenvalue weighted by atomic mass is 9.95. The van der Waals surface area contributed by atoms with E-state index in [1.807, 2.05) is 37.7 Å². The van der Waals surface area contributed by atoms with Crippen LogP contribution in [0.25, 0.3) is 32.1 Å².